The summed E-state index contributed by atoms with van der Waals surface area (Å²) in [4.78, 5) is 31.6. The Morgan fingerprint density at radius 3 is 2.37 bits per heavy atom. The minimum atomic E-state index is -0.157. The third-order valence-corrected chi connectivity index (χ3v) is 5.96. The van der Waals surface area contributed by atoms with E-state index < -0.39 is 0 Å². The average molecular weight is 389 g/mol. The number of H-pyrrole nitrogens is 1. The van der Waals surface area contributed by atoms with E-state index in [1.165, 1.54) is 4.90 Å². The molecule has 1 aromatic heterocycles. The first-order valence-corrected chi connectivity index (χ1v) is 9.77. The number of carbonyl (C=O) groups is 2. The van der Waals surface area contributed by atoms with Gasteiger partial charge in [0, 0.05) is 11.3 Å². The van der Waals surface area contributed by atoms with Crippen molar-refractivity contribution in [1.82, 2.24) is 4.98 Å². The molecule has 2 heterocycles. The summed E-state index contributed by atoms with van der Waals surface area (Å²) in [5, 5.41) is 0.763. The molecule has 1 aliphatic heterocycles. The minimum Gasteiger partial charge on any atom is -0.359 e. The third kappa shape index (κ3) is 3.80. The predicted molar refractivity (Wildman–Crippen MR) is 108 cm³/mol. The van der Waals surface area contributed by atoms with Crippen molar-refractivity contribution in [2.75, 3.05) is 31.1 Å². The normalized spacial score (nSPS) is 16.4. The molecule has 1 aliphatic rings. The fourth-order valence-electron chi connectivity index (χ4n) is 4.10. The number of hydrogen-bond donors (Lipinski definition) is 2. The van der Waals surface area contributed by atoms with Crippen molar-refractivity contribution in [3.05, 3.63) is 51.8 Å². The van der Waals surface area contributed by atoms with Crippen molar-refractivity contribution in [3.8, 4) is 0 Å². The highest BCUT2D eigenvalue weighted by atomic mass is 35.5. The zero-order chi connectivity index (χ0) is 19.7. The van der Waals surface area contributed by atoms with Gasteiger partial charge in [-0.25, -0.2) is 0 Å². The average Bonchev–Trinajstić information content (AvgIpc) is 2.95. The van der Waals surface area contributed by atoms with E-state index in [0.29, 0.717) is 11.3 Å². The van der Waals surface area contributed by atoms with Gasteiger partial charge in [-0.2, -0.15) is 0 Å². The Labute approximate surface area is 165 Å². The lowest BCUT2D eigenvalue weighted by Gasteiger charge is -2.36. The summed E-state index contributed by atoms with van der Waals surface area (Å²) >= 11 is 6.31. The van der Waals surface area contributed by atoms with Gasteiger partial charge in [0.25, 0.3) is 0 Å². The maximum absolute atomic E-state index is 13.1. The van der Waals surface area contributed by atoms with Crippen molar-refractivity contribution in [3.63, 3.8) is 0 Å². The summed E-state index contributed by atoms with van der Waals surface area (Å²) in [6.07, 6.45) is 0. The zero-order valence-corrected chi connectivity index (χ0v) is 17.1. The van der Waals surface area contributed by atoms with Gasteiger partial charge in [-0.3, -0.25) is 9.59 Å². The van der Waals surface area contributed by atoms with Crippen LogP contribution in [0.5, 0.6) is 0 Å². The molecule has 2 aromatic rings. The molecule has 1 aromatic carbocycles. The molecule has 0 bridgehead atoms. The molecule has 0 spiro atoms. The highest BCUT2D eigenvalue weighted by Gasteiger charge is 2.32. The lowest BCUT2D eigenvalue weighted by Crippen LogP contribution is -3.18. The number of hydrogen-bond acceptors (Lipinski definition) is 3. The Morgan fingerprint density at radius 1 is 1.19 bits per heavy atom. The molecule has 1 saturated heterocycles. The van der Waals surface area contributed by atoms with E-state index in [4.69, 9.17) is 11.6 Å². The van der Waals surface area contributed by atoms with Gasteiger partial charge in [-0.15, -0.1) is 0 Å². The number of halogens is 1. The van der Waals surface area contributed by atoms with Crippen molar-refractivity contribution in [1.29, 1.82) is 0 Å². The molecular formula is C21H27ClN3O2+. The van der Waals surface area contributed by atoms with Gasteiger partial charge >= 0.3 is 0 Å². The topological polar surface area (TPSA) is 57.6 Å². The lowest BCUT2D eigenvalue weighted by molar-refractivity contribution is -0.914. The number of quaternary nitrogens is 1. The minimum absolute atomic E-state index is 0.00588. The Bertz CT molecular complexity index is 866. The number of nitrogens with one attached hydrogen (secondary N) is 2. The van der Waals surface area contributed by atoms with Crippen LogP contribution >= 0.6 is 11.6 Å². The Balaban J connectivity index is 1.70. The van der Waals surface area contributed by atoms with Crippen LogP contribution in [0.3, 0.4) is 0 Å². The number of ketones is 2. The Hall–Kier alpha value is -2.11. The molecule has 5 nitrogen and oxygen atoms in total. The second-order valence-electron chi connectivity index (χ2n) is 7.36. The van der Waals surface area contributed by atoms with Crippen molar-refractivity contribution in [2.24, 2.45) is 0 Å². The monoisotopic (exact) mass is 388 g/mol. The maximum atomic E-state index is 13.1. The quantitative estimate of drug-likeness (QED) is 0.773. The molecule has 0 amide bonds. The Morgan fingerprint density at radius 2 is 1.81 bits per heavy atom. The van der Waals surface area contributed by atoms with Crippen LogP contribution in [0.15, 0.2) is 24.3 Å². The molecule has 6 heteroatoms. The number of nitrogens with zero attached hydrogens (tertiary/aromatic N) is 1. The highest BCUT2D eigenvalue weighted by molar-refractivity contribution is 6.33. The van der Waals surface area contributed by atoms with Gasteiger partial charge in [0.1, 0.15) is 0 Å². The second kappa shape index (κ2) is 7.87. The Kier molecular flexibility index (Phi) is 5.72. The molecule has 3 rings (SSSR count). The number of Topliss-reactive ketones (excluding diaryl/α,β-unsaturated/α-hetero) is 2. The number of rotatable bonds is 5. The first-order valence-electron chi connectivity index (χ1n) is 9.39. The summed E-state index contributed by atoms with van der Waals surface area (Å²) in [6.45, 7) is 10.7. The van der Waals surface area contributed by atoms with Gasteiger partial charge in [0.2, 0.25) is 5.78 Å². The number of para-hydroxylation sites is 1. The maximum Gasteiger partial charge on any atom is 0.235 e. The lowest BCUT2D eigenvalue weighted by atomic mass is 10.0. The molecule has 1 fully saturated rings. The van der Waals surface area contributed by atoms with Crippen LogP contribution in [0.25, 0.3) is 0 Å². The molecule has 0 saturated carbocycles. The fourth-order valence-corrected chi connectivity index (χ4v) is 4.36. The van der Waals surface area contributed by atoms with E-state index in [0.717, 1.165) is 48.1 Å². The van der Waals surface area contributed by atoms with Gasteiger partial charge in [-0.1, -0.05) is 23.7 Å². The number of benzene rings is 1. The van der Waals surface area contributed by atoms with E-state index in [1.54, 1.807) is 6.92 Å². The van der Waals surface area contributed by atoms with Gasteiger partial charge < -0.3 is 14.8 Å². The number of aromatic amines is 1. The van der Waals surface area contributed by atoms with Gasteiger partial charge in [0.05, 0.1) is 42.6 Å². The van der Waals surface area contributed by atoms with Crippen LogP contribution in [0.2, 0.25) is 5.02 Å². The molecule has 144 valence electrons. The van der Waals surface area contributed by atoms with Crippen LogP contribution in [0.1, 0.15) is 46.0 Å². The van der Waals surface area contributed by atoms with Crippen LogP contribution < -0.4 is 9.80 Å². The SMILES string of the molecule is CC(=O)c1c(C)[nH]c(C(=O)[C@@H](C)[NH+]2CCN(c3ccccc3Cl)CC2)c1C. The predicted octanol–water partition coefficient (Wildman–Crippen LogP) is 2.46. The second-order valence-corrected chi connectivity index (χ2v) is 7.77. The zero-order valence-electron chi connectivity index (χ0n) is 16.4. The standard InChI is InChI=1S/C21H26ClN3O2/c1-13-19(16(4)26)14(2)23-20(13)21(27)15(3)24-9-11-25(12-10-24)18-8-6-5-7-17(18)22/h5-8,15,23H,9-12H2,1-4H3/p+1/t15-/m1/s1. The number of carbonyl (C=O) groups excluding carboxylic acids is 2. The van der Waals surface area contributed by atoms with E-state index in [-0.39, 0.29) is 17.6 Å². The number of aromatic nitrogens is 1. The number of anilines is 1. The number of piperazine rings is 1. The molecule has 2 N–H and O–H groups in total. The first-order chi connectivity index (χ1) is 12.8. The highest BCUT2D eigenvalue weighted by Crippen LogP contribution is 2.25. The molecule has 0 unspecified atom stereocenters. The summed E-state index contributed by atoms with van der Waals surface area (Å²) in [6, 6.07) is 7.72. The van der Waals surface area contributed by atoms with Crippen LogP contribution in [-0.2, 0) is 0 Å². The van der Waals surface area contributed by atoms with E-state index in [2.05, 4.69) is 9.88 Å². The van der Waals surface area contributed by atoms with Crippen molar-refractivity contribution >= 4 is 28.9 Å². The molecular weight excluding hydrogens is 362 g/mol. The van der Waals surface area contributed by atoms with E-state index >= 15 is 0 Å². The van der Waals surface area contributed by atoms with Crippen LogP contribution in [0, 0.1) is 13.8 Å². The fraction of sp³-hybridized carbons (Fsp3) is 0.429. The van der Waals surface area contributed by atoms with Gasteiger partial charge in [0.15, 0.2) is 11.8 Å². The largest absolute Gasteiger partial charge is 0.359 e. The molecule has 0 aliphatic carbocycles. The molecule has 0 radical (unpaired) electrons. The van der Waals surface area contributed by atoms with Crippen LogP contribution in [0.4, 0.5) is 5.69 Å². The van der Waals surface area contributed by atoms with E-state index in [9.17, 15) is 9.59 Å². The summed E-state index contributed by atoms with van der Waals surface area (Å²) in [5.74, 6) is 0.0675. The summed E-state index contributed by atoms with van der Waals surface area (Å²) < 4.78 is 0. The third-order valence-electron chi connectivity index (χ3n) is 5.64. The molecule has 1 atom stereocenters. The summed E-state index contributed by atoms with van der Waals surface area (Å²) in [7, 11) is 0. The molecule has 27 heavy (non-hydrogen) atoms. The van der Waals surface area contributed by atoms with Crippen LogP contribution in [-0.4, -0.2) is 48.8 Å². The number of aryl methyl sites for hydroxylation is 1. The van der Waals surface area contributed by atoms with E-state index in [1.807, 2.05) is 45.0 Å². The smallest absolute Gasteiger partial charge is 0.235 e. The van der Waals surface area contributed by atoms with Crippen molar-refractivity contribution < 1.29 is 14.5 Å². The van der Waals surface area contributed by atoms with Crippen molar-refractivity contribution in [2.45, 2.75) is 33.7 Å². The summed E-state index contributed by atoms with van der Waals surface area (Å²) in [5.41, 5.74) is 3.81. The first kappa shape index (κ1) is 19.6. The van der Waals surface area contributed by atoms with Gasteiger partial charge in [-0.05, 0) is 45.4 Å².